The SMILES string of the molecule is CC[C@H](O)C(=O)N1CCN(c2nc(-c3ccccc3O)nc3ccccc23)CC1.Oc1ccccc1-c1nc(N2CCNCC2)c2ccccc2n1. The van der Waals surface area contributed by atoms with Crippen LogP contribution in [-0.2, 0) is 4.79 Å². The summed E-state index contributed by atoms with van der Waals surface area (Å²) in [6.07, 6.45) is -0.520. The summed E-state index contributed by atoms with van der Waals surface area (Å²) in [5, 5.41) is 35.6. The highest BCUT2D eigenvalue weighted by Crippen LogP contribution is 2.33. The highest BCUT2D eigenvalue weighted by molar-refractivity contribution is 5.92. The largest absolute Gasteiger partial charge is 0.507 e. The van der Waals surface area contributed by atoms with Gasteiger partial charge in [0.1, 0.15) is 29.2 Å². The number of nitrogens with zero attached hydrogens (tertiary/aromatic N) is 7. The number of hydrogen-bond acceptors (Lipinski definition) is 11. The normalized spacial score (nSPS) is 15.3. The molecule has 1 atom stereocenters. The maximum absolute atomic E-state index is 12.3. The molecular weight excluding hydrogens is 656 g/mol. The van der Waals surface area contributed by atoms with Gasteiger partial charge in [0.25, 0.3) is 5.91 Å². The van der Waals surface area contributed by atoms with Gasteiger partial charge in [-0.25, -0.2) is 19.9 Å². The molecule has 2 saturated heterocycles. The molecular formula is C40H42N8O4. The summed E-state index contributed by atoms with van der Waals surface area (Å²) in [6.45, 7) is 7.82. The van der Waals surface area contributed by atoms with Crippen LogP contribution in [0.3, 0.4) is 0 Å². The molecule has 4 aromatic carbocycles. The van der Waals surface area contributed by atoms with Crippen LogP contribution in [-0.4, -0.2) is 105 Å². The fourth-order valence-electron chi connectivity index (χ4n) is 6.57. The molecule has 0 radical (unpaired) electrons. The molecule has 6 aromatic rings. The Balaban J connectivity index is 0.000000166. The lowest BCUT2D eigenvalue weighted by Crippen LogP contribution is -2.51. The summed E-state index contributed by atoms with van der Waals surface area (Å²) in [7, 11) is 0. The third kappa shape index (κ3) is 7.30. The van der Waals surface area contributed by atoms with E-state index in [2.05, 4.69) is 31.2 Å². The van der Waals surface area contributed by atoms with Crippen molar-refractivity contribution in [3.05, 3.63) is 97.1 Å². The zero-order valence-electron chi connectivity index (χ0n) is 29.1. The summed E-state index contributed by atoms with van der Waals surface area (Å²) in [6, 6.07) is 30.1. The predicted octanol–water partition coefficient (Wildman–Crippen LogP) is 4.83. The molecule has 4 N–H and O–H groups in total. The average Bonchev–Trinajstić information content (AvgIpc) is 3.20. The summed E-state index contributed by atoms with van der Waals surface area (Å²) in [5.74, 6) is 2.89. The fourth-order valence-corrected chi connectivity index (χ4v) is 6.57. The van der Waals surface area contributed by atoms with Gasteiger partial charge in [0.15, 0.2) is 11.6 Å². The van der Waals surface area contributed by atoms with Crippen LogP contribution >= 0.6 is 0 Å². The minimum Gasteiger partial charge on any atom is -0.507 e. The standard InChI is InChI=1S/C22H24N4O3.C18H18N4O/c1-2-18(27)22(29)26-13-11-25(12-14-26)21-15-7-3-5-9-17(15)23-20(24-21)16-8-4-6-10-19(16)28;23-16-8-4-2-6-14(16)17-20-15-7-3-1-5-13(15)18(21-17)22-11-9-19-10-12-22/h3-10,18,27-28H,2,11-14H2,1H3;1-8,19,23H,9-12H2/t18-;/m0./s1. The Kier molecular flexibility index (Phi) is 10.4. The van der Waals surface area contributed by atoms with Crippen LogP contribution in [0, 0.1) is 0 Å². The number of aromatic hydroxyl groups is 2. The smallest absolute Gasteiger partial charge is 0.251 e. The van der Waals surface area contributed by atoms with Gasteiger partial charge in [-0.15, -0.1) is 0 Å². The van der Waals surface area contributed by atoms with Crippen LogP contribution in [0.4, 0.5) is 11.6 Å². The Morgan fingerprint density at radius 1 is 0.635 bits per heavy atom. The summed E-state index contributed by atoms with van der Waals surface area (Å²) in [5.41, 5.74) is 2.94. The van der Waals surface area contributed by atoms with Crippen molar-refractivity contribution in [1.82, 2.24) is 30.2 Å². The van der Waals surface area contributed by atoms with Crippen LogP contribution in [0.1, 0.15) is 13.3 Å². The first-order chi connectivity index (χ1) is 25.4. The Morgan fingerprint density at radius 3 is 1.56 bits per heavy atom. The van der Waals surface area contributed by atoms with E-state index >= 15 is 0 Å². The Hall–Kier alpha value is -5.85. The first kappa shape index (κ1) is 34.6. The van der Waals surface area contributed by atoms with Crippen LogP contribution < -0.4 is 15.1 Å². The second-order valence-electron chi connectivity index (χ2n) is 12.8. The predicted molar refractivity (Wildman–Crippen MR) is 203 cm³/mol. The zero-order chi connectivity index (χ0) is 36.0. The van der Waals surface area contributed by atoms with Gasteiger partial charge in [0, 0.05) is 63.1 Å². The summed E-state index contributed by atoms with van der Waals surface area (Å²) in [4.78, 5) is 37.2. The van der Waals surface area contributed by atoms with Crippen molar-refractivity contribution in [3.63, 3.8) is 0 Å². The van der Waals surface area contributed by atoms with Crippen molar-refractivity contribution < 1.29 is 20.1 Å². The molecule has 8 rings (SSSR count). The number of phenols is 2. The van der Waals surface area contributed by atoms with Crippen molar-refractivity contribution in [2.24, 2.45) is 0 Å². The fraction of sp³-hybridized carbons (Fsp3) is 0.275. The minimum absolute atomic E-state index is 0.137. The molecule has 0 bridgehead atoms. The zero-order valence-corrected chi connectivity index (χ0v) is 29.1. The second kappa shape index (κ2) is 15.6. The van der Waals surface area contributed by atoms with Crippen molar-refractivity contribution in [2.45, 2.75) is 19.4 Å². The number of carbonyl (C=O) groups excluding carboxylic acids is 1. The molecule has 0 spiro atoms. The summed E-state index contributed by atoms with van der Waals surface area (Å²) < 4.78 is 0. The van der Waals surface area contributed by atoms with Crippen LogP contribution in [0.2, 0.25) is 0 Å². The van der Waals surface area contributed by atoms with E-state index in [1.807, 2.05) is 60.7 Å². The van der Waals surface area contributed by atoms with E-state index in [1.165, 1.54) is 0 Å². The van der Waals surface area contributed by atoms with Gasteiger partial charge in [-0.2, -0.15) is 0 Å². The molecule has 0 aliphatic carbocycles. The number of amides is 1. The molecule has 12 nitrogen and oxygen atoms in total. The molecule has 52 heavy (non-hydrogen) atoms. The third-order valence-corrected chi connectivity index (χ3v) is 9.44. The van der Waals surface area contributed by atoms with E-state index in [4.69, 9.17) is 9.97 Å². The molecule has 0 unspecified atom stereocenters. The number of carbonyl (C=O) groups is 1. The number of benzene rings is 4. The monoisotopic (exact) mass is 698 g/mol. The Bertz CT molecular complexity index is 2180. The number of anilines is 2. The van der Waals surface area contributed by atoms with Gasteiger partial charge in [-0.3, -0.25) is 4.79 Å². The third-order valence-electron chi connectivity index (χ3n) is 9.44. The van der Waals surface area contributed by atoms with Gasteiger partial charge in [-0.1, -0.05) is 55.5 Å². The summed E-state index contributed by atoms with van der Waals surface area (Å²) >= 11 is 0. The highest BCUT2D eigenvalue weighted by atomic mass is 16.3. The van der Waals surface area contributed by atoms with Gasteiger partial charge in [0.2, 0.25) is 0 Å². The van der Waals surface area contributed by atoms with Gasteiger partial charge in [0.05, 0.1) is 22.2 Å². The highest BCUT2D eigenvalue weighted by Gasteiger charge is 2.27. The lowest BCUT2D eigenvalue weighted by molar-refractivity contribution is -0.140. The van der Waals surface area contributed by atoms with E-state index in [9.17, 15) is 20.1 Å². The number of fused-ring (bicyclic) bond motifs is 2. The van der Waals surface area contributed by atoms with Crippen molar-refractivity contribution >= 4 is 39.3 Å². The van der Waals surface area contributed by atoms with Crippen LogP contribution in [0.25, 0.3) is 44.6 Å². The number of para-hydroxylation sites is 4. The second-order valence-corrected chi connectivity index (χ2v) is 12.8. The number of phenolic OH excluding ortho intramolecular Hbond substituents is 2. The van der Waals surface area contributed by atoms with Gasteiger partial charge < -0.3 is 35.3 Å². The lowest BCUT2D eigenvalue weighted by atomic mass is 10.1. The number of aliphatic hydroxyl groups is 1. The molecule has 1 amide bonds. The quantitative estimate of drug-likeness (QED) is 0.189. The molecule has 2 aliphatic heterocycles. The molecule has 2 fully saturated rings. The number of rotatable bonds is 6. The molecule has 266 valence electrons. The average molecular weight is 699 g/mol. The van der Waals surface area contributed by atoms with Crippen molar-refractivity contribution in [3.8, 4) is 34.3 Å². The van der Waals surface area contributed by atoms with Gasteiger partial charge >= 0.3 is 0 Å². The van der Waals surface area contributed by atoms with Crippen LogP contribution in [0.5, 0.6) is 11.5 Å². The van der Waals surface area contributed by atoms with E-state index < -0.39 is 6.10 Å². The molecule has 2 aromatic heterocycles. The van der Waals surface area contributed by atoms with E-state index in [0.29, 0.717) is 55.4 Å². The van der Waals surface area contributed by atoms with Gasteiger partial charge in [-0.05, 0) is 55.0 Å². The first-order valence-electron chi connectivity index (χ1n) is 17.7. The molecule has 0 saturated carbocycles. The number of aromatic nitrogens is 4. The first-order valence-corrected chi connectivity index (χ1v) is 17.7. The number of piperazine rings is 2. The molecule has 12 heteroatoms. The topological polar surface area (TPSA) is 151 Å². The Labute approximate surface area is 302 Å². The minimum atomic E-state index is -0.936. The van der Waals surface area contributed by atoms with E-state index in [-0.39, 0.29) is 17.4 Å². The molecule has 2 aliphatic rings. The van der Waals surface area contributed by atoms with E-state index in [1.54, 1.807) is 42.2 Å². The number of hydrogen-bond donors (Lipinski definition) is 4. The van der Waals surface area contributed by atoms with Crippen LogP contribution in [0.15, 0.2) is 97.1 Å². The van der Waals surface area contributed by atoms with Crippen molar-refractivity contribution in [2.75, 3.05) is 62.2 Å². The van der Waals surface area contributed by atoms with E-state index in [0.717, 1.165) is 59.6 Å². The van der Waals surface area contributed by atoms with Crippen molar-refractivity contribution in [1.29, 1.82) is 0 Å². The number of aliphatic hydroxyl groups excluding tert-OH is 1. The molecule has 4 heterocycles. The Morgan fingerprint density at radius 2 is 1.08 bits per heavy atom. The maximum Gasteiger partial charge on any atom is 0.251 e. The number of nitrogens with one attached hydrogen (secondary N) is 1. The lowest BCUT2D eigenvalue weighted by Gasteiger charge is -2.36. The maximum atomic E-state index is 12.3.